The molecular weight excluding hydrogens is 467 g/mol. The van der Waals surface area contributed by atoms with E-state index < -0.39 is 28.0 Å². The highest BCUT2D eigenvalue weighted by molar-refractivity contribution is 7.89. The third-order valence-electron chi connectivity index (χ3n) is 5.52. The minimum atomic E-state index is -3.76. The van der Waals surface area contributed by atoms with Crippen LogP contribution >= 0.6 is 0 Å². The minimum absolute atomic E-state index is 0.106. The molecule has 2 aliphatic rings. The number of cyclic esters (lactones) is 1. The van der Waals surface area contributed by atoms with E-state index in [1.807, 2.05) is 0 Å². The number of pyridine rings is 1. The second-order valence-corrected chi connectivity index (χ2v) is 9.71. The predicted molar refractivity (Wildman–Crippen MR) is 121 cm³/mol. The number of amides is 2. The molecule has 2 aliphatic heterocycles. The summed E-state index contributed by atoms with van der Waals surface area (Å²) in [4.78, 5) is 30.3. The number of carbonyl (C=O) groups is 2. The number of nitrogens with zero attached hydrogens (tertiary/aromatic N) is 4. The lowest BCUT2D eigenvalue weighted by molar-refractivity contribution is -0.119. The van der Waals surface area contributed by atoms with Crippen molar-refractivity contribution in [3.05, 3.63) is 48.5 Å². The minimum Gasteiger partial charge on any atom is -0.442 e. The highest BCUT2D eigenvalue weighted by Crippen LogP contribution is 2.28. The molecule has 0 radical (unpaired) electrons. The molecule has 0 aliphatic carbocycles. The summed E-state index contributed by atoms with van der Waals surface area (Å²) in [7, 11) is -3.76. The van der Waals surface area contributed by atoms with Gasteiger partial charge in [-0.2, -0.15) is 0 Å². The van der Waals surface area contributed by atoms with E-state index in [-0.39, 0.29) is 43.5 Å². The van der Waals surface area contributed by atoms with Gasteiger partial charge in [0.05, 0.1) is 29.4 Å². The molecule has 4 rings (SSSR count). The standard InChI is InChI=1S/C21H25FN6O5S/c1-15(29)24-13-17-14-27(21(30)33-17)16-2-3-20(19(22)12-16)26-9-8-25-28(11-10-26)34(31,32)18-4-6-23-7-5-18/h2-7,12,17,25H,8-11,13-14H2,1H3,(H,24,29)/t17-/m0/s1. The maximum absolute atomic E-state index is 15.1. The smallest absolute Gasteiger partial charge is 0.414 e. The lowest BCUT2D eigenvalue weighted by Gasteiger charge is -2.24. The number of rotatable bonds is 6. The summed E-state index contributed by atoms with van der Waals surface area (Å²) in [5.74, 6) is -0.773. The van der Waals surface area contributed by atoms with Crippen molar-refractivity contribution in [3.8, 4) is 0 Å². The summed E-state index contributed by atoms with van der Waals surface area (Å²) in [6.45, 7) is 2.77. The molecule has 11 nitrogen and oxygen atoms in total. The Balaban J connectivity index is 1.43. The van der Waals surface area contributed by atoms with Crippen LogP contribution in [0.25, 0.3) is 0 Å². The van der Waals surface area contributed by atoms with Crippen LogP contribution in [0.5, 0.6) is 0 Å². The first-order chi connectivity index (χ1) is 16.3. The number of benzene rings is 1. The van der Waals surface area contributed by atoms with Gasteiger partial charge in [-0.25, -0.2) is 23.0 Å². The zero-order chi connectivity index (χ0) is 24.3. The second kappa shape index (κ2) is 9.91. The van der Waals surface area contributed by atoms with Crippen LogP contribution in [0.4, 0.5) is 20.6 Å². The van der Waals surface area contributed by atoms with Crippen LogP contribution in [-0.2, 0) is 19.6 Å². The molecule has 1 aromatic carbocycles. The van der Waals surface area contributed by atoms with Gasteiger partial charge in [0.2, 0.25) is 5.91 Å². The Hall–Kier alpha value is -3.29. The maximum Gasteiger partial charge on any atom is 0.414 e. The summed E-state index contributed by atoms with van der Waals surface area (Å²) in [5.41, 5.74) is 3.53. The van der Waals surface area contributed by atoms with Crippen LogP contribution in [0.2, 0.25) is 0 Å². The zero-order valence-corrected chi connectivity index (χ0v) is 19.3. The van der Waals surface area contributed by atoms with Gasteiger partial charge in [0.25, 0.3) is 10.0 Å². The van der Waals surface area contributed by atoms with Gasteiger partial charge in [0, 0.05) is 45.5 Å². The molecular formula is C21H25FN6O5S. The number of aromatic nitrogens is 1. The summed E-state index contributed by atoms with van der Waals surface area (Å²) in [5, 5.41) is 2.59. The Kier molecular flexibility index (Phi) is 6.95. The molecule has 13 heteroatoms. The van der Waals surface area contributed by atoms with Gasteiger partial charge in [-0.1, -0.05) is 0 Å². The molecule has 2 saturated heterocycles. The lowest BCUT2D eigenvalue weighted by atomic mass is 10.2. The van der Waals surface area contributed by atoms with Gasteiger partial charge < -0.3 is 15.0 Å². The van der Waals surface area contributed by atoms with Gasteiger partial charge >= 0.3 is 6.09 Å². The quantitative estimate of drug-likeness (QED) is 0.604. The number of hydrogen-bond donors (Lipinski definition) is 2. The van der Waals surface area contributed by atoms with Crippen molar-refractivity contribution in [1.82, 2.24) is 20.1 Å². The van der Waals surface area contributed by atoms with Crippen molar-refractivity contribution in [2.24, 2.45) is 0 Å². The van der Waals surface area contributed by atoms with E-state index in [1.165, 1.54) is 42.4 Å². The molecule has 0 saturated carbocycles. The average molecular weight is 493 g/mol. The molecule has 34 heavy (non-hydrogen) atoms. The Labute approximate surface area is 196 Å². The van der Waals surface area contributed by atoms with Crippen LogP contribution in [0.3, 0.4) is 0 Å². The van der Waals surface area contributed by atoms with Crippen LogP contribution in [0.15, 0.2) is 47.6 Å². The number of hydrazine groups is 1. The highest BCUT2D eigenvalue weighted by atomic mass is 32.2. The normalized spacial score (nSPS) is 19.6. The SMILES string of the molecule is CC(=O)NC[C@H]1CN(c2ccc(N3CCNN(S(=O)(=O)c4ccncc4)CC3)c(F)c2)C(=O)O1. The number of halogens is 1. The monoisotopic (exact) mass is 492 g/mol. The zero-order valence-electron chi connectivity index (χ0n) is 18.5. The molecule has 2 N–H and O–H groups in total. The van der Waals surface area contributed by atoms with Gasteiger partial charge in [-0.3, -0.25) is 14.7 Å². The van der Waals surface area contributed by atoms with Crippen molar-refractivity contribution in [2.45, 2.75) is 17.9 Å². The van der Waals surface area contributed by atoms with Gasteiger partial charge in [-0.15, -0.1) is 4.41 Å². The number of sulfonamides is 1. The van der Waals surface area contributed by atoms with Gasteiger partial charge in [-0.05, 0) is 30.3 Å². The Morgan fingerprint density at radius 1 is 1.24 bits per heavy atom. The van der Waals surface area contributed by atoms with Crippen LogP contribution in [0.1, 0.15) is 6.92 Å². The topological polar surface area (TPSA) is 124 Å². The van der Waals surface area contributed by atoms with E-state index in [0.717, 1.165) is 4.41 Å². The fourth-order valence-corrected chi connectivity index (χ4v) is 5.12. The van der Waals surface area contributed by atoms with E-state index >= 15 is 4.39 Å². The largest absolute Gasteiger partial charge is 0.442 e. The first-order valence-corrected chi connectivity index (χ1v) is 12.1. The average Bonchev–Trinajstić information content (AvgIpc) is 3.02. The first kappa shape index (κ1) is 23.9. The van der Waals surface area contributed by atoms with Crippen LogP contribution in [0, 0.1) is 5.82 Å². The molecule has 2 amide bonds. The van der Waals surface area contributed by atoms with Crippen molar-refractivity contribution < 1.29 is 27.1 Å². The van der Waals surface area contributed by atoms with Crippen molar-refractivity contribution in [3.63, 3.8) is 0 Å². The molecule has 0 spiro atoms. The Bertz CT molecular complexity index is 1170. The third kappa shape index (κ3) is 5.11. The van der Waals surface area contributed by atoms with E-state index in [1.54, 1.807) is 17.0 Å². The molecule has 2 aromatic rings. The number of hydrogen-bond acceptors (Lipinski definition) is 8. The molecule has 3 heterocycles. The fourth-order valence-electron chi connectivity index (χ4n) is 3.81. The van der Waals surface area contributed by atoms with E-state index in [9.17, 15) is 18.0 Å². The molecule has 0 bridgehead atoms. The van der Waals surface area contributed by atoms with Crippen LogP contribution < -0.4 is 20.5 Å². The molecule has 0 unspecified atom stereocenters. The van der Waals surface area contributed by atoms with Gasteiger partial charge in [0.15, 0.2) is 0 Å². The Morgan fingerprint density at radius 2 is 2.00 bits per heavy atom. The second-order valence-electron chi connectivity index (χ2n) is 7.84. The number of carbonyl (C=O) groups excluding carboxylic acids is 2. The van der Waals surface area contributed by atoms with E-state index in [4.69, 9.17) is 4.74 Å². The summed E-state index contributed by atoms with van der Waals surface area (Å²) >= 11 is 0. The molecule has 182 valence electrons. The van der Waals surface area contributed by atoms with Gasteiger partial charge in [0.1, 0.15) is 11.9 Å². The number of ether oxygens (including phenoxy) is 1. The van der Waals surface area contributed by atoms with Crippen LogP contribution in [-0.4, -0.2) is 75.2 Å². The number of nitrogens with one attached hydrogen (secondary N) is 2. The fraction of sp³-hybridized carbons (Fsp3) is 0.381. The molecule has 1 atom stereocenters. The first-order valence-electron chi connectivity index (χ1n) is 10.7. The highest BCUT2D eigenvalue weighted by Gasteiger charge is 2.33. The molecule has 1 aromatic heterocycles. The summed E-state index contributed by atoms with van der Waals surface area (Å²) in [6, 6.07) is 7.27. The number of anilines is 2. The van der Waals surface area contributed by atoms with Crippen molar-refractivity contribution in [1.29, 1.82) is 0 Å². The summed E-state index contributed by atoms with van der Waals surface area (Å²) in [6.07, 6.45) is 1.68. The van der Waals surface area contributed by atoms with E-state index in [0.29, 0.717) is 17.9 Å². The van der Waals surface area contributed by atoms with Crippen molar-refractivity contribution >= 4 is 33.4 Å². The maximum atomic E-state index is 15.1. The predicted octanol–water partition coefficient (Wildman–Crippen LogP) is 0.697. The molecule has 2 fully saturated rings. The lowest BCUT2D eigenvalue weighted by Crippen LogP contribution is -2.43. The van der Waals surface area contributed by atoms with Crippen molar-refractivity contribution in [2.75, 3.05) is 49.1 Å². The summed E-state index contributed by atoms with van der Waals surface area (Å²) < 4.78 is 47.1. The van der Waals surface area contributed by atoms with E-state index in [2.05, 4.69) is 15.7 Å². The Morgan fingerprint density at radius 3 is 2.71 bits per heavy atom. The third-order valence-corrected chi connectivity index (χ3v) is 7.28.